The van der Waals surface area contributed by atoms with Crippen LogP contribution in [0.2, 0.25) is 0 Å². The molecular formula is C32H63B2N6OPS2. The zero-order chi connectivity index (χ0) is 33.8. The number of hydrazone groups is 1. The summed E-state index contributed by atoms with van der Waals surface area (Å²) >= 11 is 8.84. The van der Waals surface area contributed by atoms with Gasteiger partial charge in [0.15, 0.2) is 0 Å². The molecule has 1 unspecified atom stereocenters. The standard InChI is InChI=1S/C32H63B2N6OPS2/c1-22(2)36(23(3)4)33(37(24(5)6)25(7)8)32-35-40(42(43,44-32)31-20-18-30(41-17)19-21-31)34(38(26(9)10)27(11)12)39(28(13)14)29(15)16/h18-29H,1-17H3. The van der Waals surface area contributed by atoms with Crippen LogP contribution in [0.1, 0.15) is 111 Å². The Balaban J connectivity index is 3.05. The van der Waals surface area contributed by atoms with Crippen molar-refractivity contribution in [1.82, 2.24) is 23.9 Å². The van der Waals surface area contributed by atoms with E-state index in [1.165, 1.54) is 0 Å². The summed E-state index contributed by atoms with van der Waals surface area (Å²) in [6.45, 7) is 36.9. The molecule has 1 heterocycles. The van der Waals surface area contributed by atoms with E-state index < -0.39 is 5.39 Å². The van der Waals surface area contributed by atoms with Crippen molar-refractivity contribution in [2.75, 3.05) is 7.11 Å². The molecule has 0 saturated heterocycles. The van der Waals surface area contributed by atoms with Crippen molar-refractivity contribution in [3.63, 3.8) is 0 Å². The number of hydrogen-bond donors (Lipinski definition) is 0. The van der Waals surface area contributed by atoms with Gasteiger partial charge in [-0.2, -0.15) is 5.10 Å². The molecule has 0 amide bonds. The summed E-state index contributed by atoms with van der Waals surface area (Å²) in [5.74, 6) is 0.843. The third-order valence-corrected chi connectivity index (χ3v) is 15.1. The van der Waals surface area contributed by atoms with E-state index in [0.29, 0.717) is 48.3 Å². The predicted octanol–water partition coefficient (Wildman–Crippen LogP) is 7.48. The largest absolute Gasteiger partial charge is 0.497 e. The third-order valence-electron chi connectivity index (χ3n) is 8.38. The summed E-state index contributed by atoms with van der Waals surface area (Å²) in [5, 5.41) is 4.41. The first-order chi connectivity index (χ1) is 20.3. The van der Waals surface area contributed by atoms with E-state index >= 15 is 0 Å². The van der Waals surface area contributed by atoms with E-state index in [-0.39, 0.29) is 14.1 Å². The Labute approximate surface area is 281 Å². The van der Waals surface area contributed by atoms with Gasteiger partial charge in [0, 0.05) is 5.30 Å². The number of ether oxygens (including phenoxy) is 1. The predicted molar refractivity (Wildman–Crippen MR) is 204 cm³/mol. The molecule has 1 aliphatic heterocycles. The molecule has 1 aromatic rings. The number of nitrogens with zero attached hydrogens (tertiary/aromatic N) is 6. The van der Waals surface area contributed by atoms with E-state index in [1.807, 2.05) is 11.4 Å². The second-order valence-electron chi connectivity index (χ2n) is 14.3. The van der Waals surface area contributed by atoms with Gasteiger partial charge in [0.2, 0.25) is 0 Å². The van der Waals surface area contributed by atoms with Gasteiger partial charge in [0.25, 0.3) is 0 Å². The molecule has 0 aliphatic carbocycles. The highest BCUT2D eigenvalue weighted by molar-refractivity contribution is 8.79. The second kappa shape index (κ2) is 16.5. The first-order valence-electron chi connectivity index (χ1n) is 16.7. The fourth-order valence-corrected chi connectivity index (χ4v) is 13.3. The Kier molecular flexibility index (Phi) is 14.9. The lowest BCUT2D eigenvalue weighted by atomic mass is 9.68. The van der Waals surface area contributed by atoms with Gasteiger partial charge in [-0.3, -0.25) is 4.69 Å². The van der Waals surface area contributed by atoms with Crippen LogP contribution in [0.4, 0.5) is 0 Å². The maximum atomic E-state index is 6.98. The summed E-state index contributed by atoms with van der Waals surface area (Å²) in [4.78, 5) is 11.6. The Morgan fingerprint density at radius 1 is 0.636 bits per heavy atom. The van der Waals surface area contributed by atoms with E-state index in [1.54, 1.807) is 7.11 Å². The zero-order valence-corrected chi connectivity index (χ0v) is 33.5. The monoisotopic (exact) mass is 664 g/mol. The van der Waals surface area contributed by atoms with Crippen molar-refractivity contribution in [3.8, 4) is 5.75 Å². The minimum Gasteiger partial charge on any atom is -0.497 e. The molecule has 0 N–H and O–H groups in total. The van der Waals surface area contributed by atoms with Crippen molar-refractivity contribution in [2.45, 2.75) is 159 Å². The van der Waals surface area contributed by atoms with Gasteiger partial charge in [-0.05, 0) is 72.6 Å². The van der Waals surface area contributed by atoms with Gasteiger partial charge >= 0.3 is 14.1 Å². The lowest BCUT2D eigenvalue weighted by Crippen LogP contribution is -2.67. The molecule has 12 heteroatoms. The van der Waals surface area contributed by atoms with Crippen molar-refractivity contribution >= 4 is 52.9 Å². The molecule has 1 aliphatic rings. The SMILES string of the molecule is COc1ccc(P2(=S)SC(B(N(C(C)C)C(C)C)N(C(C)C)C(C)C)=NN2B(N(C(C)C)C(C)C)N(C(C)C)C(C)C)cc1. The highest BCUT2D eigenvalue weighted by atomic mass is 32.9. The van der Waals surface area contributed by atoms with Gasteiger partial charge < -0.3 is 24.0 Å². The Hall–Kier alpha value is -0.540. The molecule has 0 saturated carbocycles. The first-order valence-corrected chi connectivity index (χ1v) is 20.9. The molecule has 44 heavy (non-hydrogen) atoms. The summed E-state index contributed by atoms with van der Waals surface area (Å²) in [5.41, 5.74) is 0. The molecule has 2 rings (SSSR count). The molecule has 0 aromatic heterocycles. The molecule has 0 spiro atoms. The van der Waals surface area contributed by atoms with Crippen molar-refractivity contribution in [1.29, 1.82) is 0 Å². The quantitative estimate of drug-likeness (QED) is 0.133. The fourth-order valence-electron chi connectivity index (χ4n) is 6.96. The van der Waals surface area contributed by atoms with E-state index in [4.69, 9.17) is 21.6 Å². The Morgan fingerprint density at radius 2 is 0.977 bits per heavy atom. The highest BCUT2D eigenvalue weighted by Crippen LogP contribution is 2.67. The van der Waals surface area contributed by atoms with E-state index in [2.05, 4.69) is 159 Å². The number of methoxy groups -OCH3 is 1. The maximum Gasteiger partial charge on any atom is 0.459 e. The smallest absolute Gasteiger partial charge is 0.459 e. The van der Waals surface area contributed by atoms with Crippen LogP contribution in [0.15, 0.2) is 29.4 Å². The summed E-state index contributed by atoms with van der Waals surface area (Å²) in [6, 6.07) is 11.0. The molecule has 0 fully saturated rings. The van der Waals surface area contributed by atoms with Crippen LogP contribution >= 0.6 is 16.8 Å². The van der Waals surface area contributed by atoms with E-state index in [9.17, 15) is 0 Å². The lowest BCUT2D eigenvalue weighted by molar-refractivity contribution is 0.200. The van der Waals surface area contributed by atoms with Gasteiger partial charge in [0.05, 0.1) is 7.11 Å². The molecule has 1 atom stereocenters. The van der Waals surface area contributed by atoms with Crippen LogP contribution in [0.3, 0.4) is 0 Å². The zero-order valence-electron chi connectivity index (χ0n) is 30.9. The van der Waals surface area contributed by atoms with Crippen LogP contribution in [0, 0.1) is 0 Å². The van der Waals surface area contributed by atoms with Gasteiger partial charge in [-0.25, -0.2) is 0 Å². The summed E-state index contributed by atoms with van der Waals surface area (Å²) in [7, 11) is 1.61. The number of hydrogen-bond acceptors (Lipinski definition) is 8. The van der Waals surface area contributed by atoms with Crippen LogP contribution in [-0.2, 0) is 11.8 Å². The van der Waals surface area contributed by atoms with Crippen molar-refractivity contribution in [3.05, 3.63) is 24.3 Å². The highest BCUT2D eigenvalue weighted by Gasteiger charge is 2.54. The van der Waals surface area contributed by atoms with Gasteiger partial charge in [0.1, 0.15) is 16.1 Å². The molecule has 7 nitrogen and oxygen atoms in total. The van der Waals surface area contributed by atoms with Crippen molar-refractivity contribution < 1.29 is 4.74 Å². The number of rotatable bonds is 16. The minimum absolute atomic E-state index is 0.00400. The second-order valence-corrected chi connectivity index (χ2v) is 21.3. The van der Waals surface area contributed by atoms with Gasteiger partial charge in [-0.1, -0.05) is 134 Å². The number of benzene rings is 1. The van der Waals surface area contributed by atoms with E-state index in [0.717, 1.165) is 16.0 Å². The molecule has 0 bridgehead atoms. The Bertz CT molecular complexity index is 1040. The lowest BCUT2D eigenvalue weighted by Gasteiger charge is -2.49. The normalized spacial score (nSPS) is 18.0. The van der Waals surface area contributed by atoms with Crippen LogP contribution in [0.25, 0.3) is 0 Å². The molecule has 250 valence electrons. The fraction of sp³-hybridized carbons (Fsp3) is 0.781. The maximum absolute atomic E-state index is 6.98. The van der Waals surface area contributed by atoms with Crippen molar-refractivity contribution in [2.24, 2.45) is 5.10 Å². The van der Waals surface area contributed by atoms with Crippen LogP contribution < -0.4 is 10.0 Å². The van der Waals surface area contributed by atoms with Crippen LogP contribution in [-0.4, -0.2) is 98.4 Å². The third kappa shape index (κ3) is 8.67. The summed E-state index contributed by atoms with van der Waals surface area (Å²) < 4.78 is 7.95. The minimum atomic E-state index is -2.51. The topological polar surface area (TPSA) is 37.8 Å². The Morgan fingerprint density at radius 3 is 1.27 bits per heavy atom. The molecular weight excluding hydrogens is 601 g/mol. The molecule has 0 radical (unpaired) electrons. The summed E-state index contributed by atoms with van der Waals surface area (Å²) in [6.07, 6.45) is 0. The average molecular weight is 665 g/mol. The van der Waals surface area contributed by atoms with Gasteiger partial charge in [-0.15, -0.1) is 0 Å². The first kappa shape index (κ1) is 39.6. The average Bonchev–Trinajstić information content (AvgIpc) is 3.23. The molecule has 1 aromatic carbocycles. The van der Waals surface area contributed by atoms with Crippen LogP contribution in [0.5, 0.6) is 5.75 Å².